The minimum Gasteiger partial charge on any atom is -0.493 e. The van der Waals surface area contributed by atoms with E-state index in [1.807, 2.05) is 36.1 Å². The highest BCUT2D eigenvalue weighted by atomic mass is 16.5. The van der Waals surface area contributed by atoms with Crippen LogP contribution in [0.5, 0.6) is 11.5 Å². The van der Waals surface area contributed by atoms with Gasteiger partial charge in [-0.1, -0.05) is 36.4 Å². The van der Waals surface area contributed by atoms with Crippen molar-refractivity contribution in [2.24, 2.45) is 0 Å². The fourth-order valence-electron chi connectivity index (χ4n) is 3.52. The molecule has 1 heterocycles. The second kappa shape index (κ2) is 10.7. The Labute approximate surface area is 173 Å². The maximum atomic E-state index is 12.5. The van der Waals surface area contributed by atoms with Crippen LogP contribution in [0.3, 0.4) is 0 Å². The third-order valence-corrected chi connectivity index (χ3v) is 5.13. The first-order valence-corrected chi connectivity index (χ1v) is 10.3. The Morgan fingerprint density at radius 2 is 1.76 bits per heavy atom. The van der Waals surface area contributed by atoms with Gasteiger partial charge in [-0.3, -0.25) is 4.90 Å². The number of carbonyl (C=O) groups is 1. The lowest BCUT2D eigenvalue weighted by Crippen LogP contribution is -2.51. The third-order valence-electron chi connectivity index (χ3n) is 5.13. The molecule has 6 nitrogen and oxygen atoms in total. The molecular weight excluding hydrogens is 366 g/mol. The maximum absolute atomic E-state index is 12.5. The number of urea groups is 1. The normalized spacial score (nSPS) is 14.5. The molecule has 0 aliphatic carbocycles. The number of benzene rings is 2. The molecule has 1 aliphatic rings. The number of methoxy groups -OCH3 is 1. The van der Waals surface area contributed by atoms with Crippen LogP contribution in [-0.4, -0.2) is 62.3 Å². The summed E-state index contributed by atoms with van der Waals surface area (Å²) in [4.78, 5) is 16.8. The Balaban J connectivity index is 1.40. The van der Waals surface area contributed by atoms with E-state index in [9.17, 15) is 4.79 Å². The summed E-state index contributed by atoms with van der Waals surface area (Å²) in [6, 6.07) is 16.4. The number of piperazine rings is 1. The van der Waals surface area contributed by atoms with Crippen molar-refractivity contribution in [3.05, 3.63) is 59.7 Å². The monoisotopic (exact) mass is 397 g/mol. The number of hydrogen-bond donors (Lipinski definition) is 1. The molecule has 0 radical (unpaired) electrons. The largest absolute Gasteiger partial charge is 0.493 e. The van der Waals surface area contributed by atoms with Crippen LogP contribution in [0.25, 0.3) is 0 Å². The van der Waals surface area contributed by atoms with Crippen LogP contribution in [0.4, 0.5) is 4.79 Å². The number of carbonyl (C=O) groups excluding carboxylic acids is 1. The van der Waals surface area contributed by atoms with E-state index >= 15 is 0 Å². The lowest BCUT2D eigenvalue weighted by atomic mass is 10.1. The smallest absolute Gasteiger partial charge is 0.317 e. The molecule has 1 aliphatic heterocycles. The van der Waals surface area contributed by atoms with Crippen LogP contribution in [0, 0.1) is 0 Å². The first-order valence-electron chi connectivity index (χ1n) is 10.3. The van der Waals surface area contributed by atoms with Crippen LogP contribution in [-0.2, 0) is 13.0 Å². The van der Waals surface area contributed by atoms with Crippen LogP contribution in [0.15, 0.2) is 48.5 Å². The zero-order valence-electron chi connectivity index (χ0n) is 17.4. The molecule has 2 aromatic rings. The van der Waals surface area contributed by atoms with Crippen molar-refractivity contribution in [2.45, 2.75) is 19.9 Å². The number of nitrogens with zero attached hydrogens (tertiary/aromatic N) is 2. The number of rotatable bonds is 8. The van der Waals surface area contributed by atoms with Gasteiger partial charge in [-0.05, 0) is 36.6 Å². The molecular formula is C23H31N3O3. The van der Waals surface area contributed by atoms with E-state index in [4.69, 9.17) is 9.47 Å². The second-order valence-corrected chi connectivity index (χ2v) is 7.15. The first kappa shape index (κ1) is 21.0. The quantitative estimate of drug-likeness (QED) is 0.743. The summed E-state index contributed by atoms with van der Waals surface area (Å²) < 4.78 is 10.9. The average molecular weight is 398 g/mol. The molecule has 2 amide bonds. The van der Waals surface area contributed by atoms with Crippen LogP contribution >= 0.6 is 0 Å². The van der Waals surface area contributed by atoms with Crippen molar-refractivity contribution in [2.75, 3.05) is 46.4 Å². The predicted octanol–water partition coefficient (Wildman–Crippen LogP) is 3.16. The van der Waals surface area contributed by atoms with Crippen molar-refractivity contribution in [3.63, 3.8) is 0 Å². The molecule has 1 N–H and O–H groups in total. The van der Waals surface area contributed by atoms with Crippen molar-refractivity contribution in [1.82, 2.24) is 15.1 Å². The SMILES string of the molecule is CCOc1ccc(CCNC(=O)N2CCN(Cc3ccccc3)CC2)cc1OC. The number of ether oxygens (including phenoxy) is 2. The van der Waals surface area contributed by atoms with Crippen molar-refractivity contribution in [3.8, 4) is 11.5 Å². The summed E-state index contributed by atoms with van der Waals surface area (Å²) in [5.41, 5.74) is 2.43. The Kier molecular flexibility index (Phi) is 7.76. The summed E-state index contributed by atoms with van der Waals surface area (Å²) in [6.45, 7) is 7.41. The highest BCUT2D eigenvalue weighted by molar-refractivity contribution is 5.74. The molecule has 6 heteroatoms. The molecule has 156 valence electrons. The fourth-order valence-corrected chi connectivity index (χ4v) is 3.52. The standard InChI is InChI=1S/C23H31N3O3/c1-3-29-21-10-9-19(17-22(21)28-2)11-12-24-23(27)26-15-13-25(14-16-26)18-20-7-5-4-6-8-20/h4-10,17H,3,11-16,18H2,1-2H3,(H,24,27). The van der Waals surface area contributed by atoms with Gasteiger partial charge in [0.15, 0.2) is 11.5 Å². The van der Waals surface area contributed by atoms with Gasteiger partial charge >= 0.3 is 6.03 Å². The van der Waals surface area contributed by atoms with Gasteiger partial charge in [0.05, 0.1) is 13.7 Å². The van der Waals surface area contributed by atoms with Gasteiger partial charge in [-0.25, -0.2) is 4.79 Å². The zero-order chi connectivity index (χ0) is 20.5. The van der Waals surface area contributed by atoms with E-state index in [1.54, 1.807) is 7.11 Å². The summed E-state index contributed by atoms with van der Waals surface area (Å²) in [6.07, 6.45) is 0.752. The van der Waals surface area contributed by atoms with E-state index in [-0.39, 0.29) is 6.03 Å². The summed E-state index contributed by atoms with van der Waals surface area (Å²) in [5, 5.41) is 3.04. The van der Waals surface area contributed by atoms with Crippen molar-refractivity contribution >= 4 is 6.03 Å². The molecule has 0 aromatic heterocycles. The van der Waals surface area contributed by atoms with Gasteiger partial charge in [0.2, 0.25) is 0 Å². The van der Waals surface area contributed by atoms with Gasteiger partial charge in [0.25, 0.3) is 0 Å². The van der Waals surface area contributed by atoms with E-state index in [2.05, 4.69) is 34.5 Å². The molecule has 1 fully saturated rings. The van der Waals surface area contributed by atoms with E-state index in [0.29, 0.717) is 13.2 Å². The molecule has 1 saturated heterocycles. The van der Waals surface area contributed by atoms with Crippen LogP contribution in [0.1, 0.15) is 18.1 Å². The van der Waals surface area contributed by atoms with Crippen LogP contribution < -0.4 is 14.8 Å². The average Bonchev–Trinajstić information content (AvgIpc) is 2.76. The Hall–Kier alpha value is -2.73. The lowest BCUT2D eigenvalue weighted by molar-refractivity contribution is 0.135. The minimum atomic E-state index is 0.0160. The summed E-state index contributed by atoms with van der Waals surface area (Å²) >= 11 is 0. The second-order valence-electron chi connectivity index (χ2n) is 7.15. The lowest BCUT2D eigenvalue weighted by Gasteiger charge is -2.34. The highest BCUT2D eigenvalue weighted by Crippen LogP contribution is 2.28. The number of amides is 2. The summed E-state index contributed by atoms with van der Waals surface area (Å²) in [7, 11) is 1.64. The van der Waals surface area contributed by atoms with Gasteiger partial charge in [0.1, 0.15) is 0 Å². The van der Waals surface area contributed by atoms with Gasteiger partial charge in [0, 0.05) is 39.3 Å². The first-order chi connectivity index (χ1) is 14.2. The molecule has 0 unspecified atom stereocenters. The molecule has 0 atom stereocenters. The Morgan fingerprint density at radius 3 is 2.45 bits per heavy atom. The topological polar surface area (TPSA) is 54.0 Å². The Morgan fingerprint density at radius 1 is 1.00 bits per heavy atom. The molecule has 0 saturated carbocycles. The predicted molar refractivity (Wildman–Crippen MR) is 115 cm³/mol. The molecule has 29 heavy (non-hydrogen) atoms. The third kappa shape index (κ3) is 6.12. The fraction of sp³-hybridized carbons (Fsp3) is 0.435. The maximum Gasteiger partial charge on any atom is 0.317 e. The summed E-state index contributed by atoms with van der Waals surface area (Å²) in [5.74, 6) is 1.47. The van der Waals surface area contributed by atoms with E-state index in [1.165, 1.54) is 5.56 Å². The molecule has 3 rings (SSSR count). The minimum absolute atomic E-state index is 0.0160. The van der Waals surface area contributed by atoms with E-state index in [0.717, 1.165) is 56.2 Å². The van der Waals surface area contributed by atoms with Gasteiger partial charge in [-0.15, -0.1) is 0 Å². The van der Waals surface area contributed by atoms with Crippen LogP contribution in [0.2, 0.25) is 0 Å². The Bertz CT molecular complexity index is 774. The molecule has 0 bridgehead atoms. The van der Waals surface area contributed by atoms with Crippen molar-refractivity contribution in [1.29, 1.82) is 0 Å². The van der Waals surface area contributed by atoms with Crippen molar-refractivity contribution < 1.29 is 14.3 Å². The number of hydrogen-bond acceptors (Lipinski definition) is 4. The molecule has 2 aromatic carbocycles. The highest BCUT2D eigenvalue weighted by Gasteiger charge is 2.20. The van der Waals surface area contributed by atoms with Gasteiger partial charge in [-0.2, -0.15) is 0 Å². The number of nitrogens with one attached hydrogen (secondary N) is 1. The zero-order valence-corrected chi connectivity index (χ0v) is 17.4. The van der Waals surface area contributed by atoms with Gasteiger partial charge < -0.3 is 19.7 Å². The molecule has 0 spiro atoms. The van der Waals surface area contributed by atoms with E-state index < -0.39 is 0 Å².